The molecule has 14 heavy (non-hydrogen) atoms. The molecule has 76 valence electrons. The average Bonchev–Trinajstić information content (AvgIpc) is 2.93. The van der Waals surface area contributed by atoms with Crippen LogP contribution in [0.5, 0.6) is 0 Å². The van der Waals surface area contributed by atoms with E-state index in [9.17, 15) is 0 Å². The summed E-state index contributed by atoms with van der Waals surface area (Å²) in [6.07, 6.45) is 5.56. The number of rotatable bonds is 3. The summed E-state index contributed by atoms with van der Waals surface area (Å²) in [5, 5.41) is 0. The molecule has 4 N–H and O–H groups in total. The van der Waals surface area contributed by atoms with Crippen molar-refractivity contribution in [2.75, 3.05) is 5.73 Å². The fraction of sp³-hybridized carbons (Fsp3) is 0.500. The third kappa shape index (κ3) is 2.36. The summed E-state index contributed by atoms with van der Waals surface area (Å²) in [5.41, 5.74) is 12.8. The number of pyridine rings is 1. The highest BCUT2D eigenvalue weighted by Gasteiger charge is 2.24. The zero-order valence-electron chi connectivity index (χ0n) is 7.91. The van der Waals surface area contributed by atoms with Crippen LogP contribution in [0.2, 0.25) is 0 Å². The summed E-state index contributed by atoms with van der Waals surface area (Å²) in [5.74, 6) is 1.44. The van der Waals surface area contributed by atoms with Gasteiger partial charge in [0, 0.05) is 12.2 Å². The SMILES string of the molecule is Nc1ncc(C(N)CC2CC2)cc1I. The largest absolute Gasteiger partial charge is 0.383 e. The fourth-order valence-electron chi connectivity index (χ4n) is 1.51. The molecule has 1 fully saturated rings. The molecule has 0 bridgehead atoms. The number of halogens is 1. The second-order valence-corrected chi connectivity index (χ2v) is 5.08. The zero-order valence-corrected chi connectivity index (χ0v) is 10.1. The Balaban J connectivity index is 2.10. The van der Waals surface area contributed by atoms with Crippen molar-refractivity contribution < 1.29 is 0 Å². The Morgan fingerprint density at radius 1 is 1.57 bits per heavy atom. The molecule has 1 heterocycles. The molecular weight excluding hydrogens is 289 g/mol. The number of aromatic nitrogens is 1. The summed E-state index contributed by atoms with van der Waals surface area (Å²) in [6.45, 7) is 0. The third-order valence-electron chi connectivity index (χ3n) is 2.60. The second kappa shape index (κ2) is 4.02. The van der Waals surface area contributed by atoms with Gasteiger partial charge in [-0.3, -0.25) is 0 Å². The molecule has 1 aromatic rings. The lowest BCUT2D eigenvalue weighted by Gasteiger charge is -2.11. The Morgan fingerprint density at radius 2 is 2.29 bits per heavy atom. The van der Waals surface area contributed by atoms with Crippen LogP contribution < -0.4 is 11.5 Å². The van der Waals surface area contributed by atoms with Crippen LogP contribution in [0.25, 0.3) is 0 Å². The van der Waals surface area contributed by atoms with Crippen LogP contribution in [0.4, 0.5) is 5.82 Å². The summed E-state index contributed by atoms with van der Waals surface area (Å²) >= 11 is 2.19. The topological polar surface area (TPSA) is 64.9 Å². The molecule has 1 aliphatic carbocycles. The van der Waals surface area contributed by atoms with Gasteiger partial charge in [0.15, 0.2) is 0 Å². The number of hydrogen-bond acceptors (Lipinski definition) is 3. The van der Waals surface area contributed by atoms with Crippen molar-refractivity contribution in [3.05, 3.63) is 21.4 Å². The minimum Gasteiger partial charge on any atom is -0.383 e. The molecule has 1 atom stereocenters. The van der Waals surface area contributed by atoms with Gasteiger partial charge in [0.2, 0.25) is 0 Å². The predicted molar refractivity (Wildman–Crippen MR) is 65.6 cm³/mol. The van der Waals surface area contributed by atoms with E-state index in [0.717, 1.165) is 21.5 Å². The van der Waals surface area contributed by atoms with Gasteiger partial charge in [0.25, 0.3) is 0 Å². The molecule has 1 aliphatic rings. The summed E-state index contributed by atoms with van der Waals surface area (Å²) in [7, 11) is 0. The molecule has 0 amide bonds. The summed E-state index contributed by atoms with van der Waals surface area (Å²) < 4.78 is 0.992. The normalized spacial score (nSPS) is 18.1. The molecule has 0 spiro atoms. The Hall–Kier alpha value is -0.360. The number of nitrogen functional groups attached to an aromatic ring is 1. The fourth-order valence-corrected chi connectivity index (χ4v) is 2.01. The van der Waals surface area contributed by atoms with E-state index in [-0.39, 0.29) is 6.04 Å². The van der Waals surface area contributed by atoms with Crippen LogP contribution in [0.15, 0.2) is 12.3 Å². The zero-order chi connectivity index (χ0) is 10.1. The van der Waals surface area contributed by atoms with Gasteiger partial charge in [-0.15, -0.1) is 0 Å². The summed E-state index contributed by atoms with van der Waals surface area (Å²) in [6, 6.07) is 2.17. The highest BCUT2D eigenvalue weighted by Crippen LogP contribution is 2.36. The number of nitrogens with zero attached hydrogens (tertiary/aromatic N) is 1. The molecule has 0 saturated heterocycles. The van der Waals surface area contributed by atoms with Gasteiger partial charge in [0.1, 0.15) is 5.82 Å². The molecule has 2 rings (SSSR count). The van der Waals surface area contributed by atoms with Crippen molar-refractivity contribution in [1.29, 1.82) is 0 Å². The summed E-state index contributed by atoms with van der Waals surface area (Å²) in [4.78, 5) is 4.12. The van der Waals surface area contributed by atoms with Crippen molar-refractivity contribution in [2.24, 2.45) is 11.7 Å². The number of anilines is 1. The van der Waals surface area contributed by atoms with Crippen molar-refractivity contribution in [3.63, 3.8) is 0 Å². The number of nitrogens with two attached hydrogens (primary N) is 2. The molecule has 0 radical (unpaired) electrons. The monoisotopic (exact) mass is 303 g/mol. The van der Waals surface area contributed by atoms with Gasteiger partial charge in [-0.25, -0.2) is 4.98 Å². The molecule has 1 saturated carbocycles. The first-order chi connectivity index (χ1) is 6.66. The molecule has 0 aliphatic heterocycles. The van der Waals surface area contributed by atoms with Gasteiger partial charge >= 0.3 is 0 Å². The van der Waals surface area contributed by atoms with E-state index in [0.29, 0.717) is 5.82 Å². The lowest BCUT2D eigenvalue weighted by molar-refractivity contribution is 0.595. The van der Waals surface area contributed by atoms with E-state index in [1.807, 2.05) is 6.07 Å². The quantitative estimate of drug-likeness (QED) is 0.840. The van der Waals surface area contributed by atoms with Crippen LogP contribution in [-0.2, 0) is 0 Å². The maximum atomic E-state index is 6.07. The van der Waals surface area contributed by atoms with Gasteiger partial charge in [0.05, 0.1) is 3.57 Å². The first-order valence-electron chi connectivity index (χ1n) is 4.83. The van der Waals surface area contributed by atoms with Gasteiger partial charge in [-0.2, -0.15) is 0 Å². The average molecular weight is 303 g/mol. The van der Waals surface area contributed by atoms with Gasteiger partial charge in [-0.1, -0.05) is 12.8 Å². The van der Waals surface area contributed by atoms with Crippen molar-refractivity contribution in [2.45, 2.75) is 25.3 Å². The Kier molecular flexibility index (Phi) is 2.92. The third-order valence-corrected chi connectivity index (χ3v) is 3.47. The molecule has 3 nitrogen and oxygen atoms in total. The Morgan fingerprint density at radius 3 is 2.86 bits per heavy atom. The molecule has 4 heteroatoms. The van der Waals surface area contributed by atoms with Crippen molar-refractivity contribution >= 4 is 28.4 Å². The van der Waals surface area contributed by atoms with E-state index >= 15 is 0 Å². The second-order valence-electron chi connectivity index (χ2n) is 3.92. The van der Waals surface area contributed by atoms with Crippen molar-refractivity contribution in [1.82, 2.24) is 4.98 Å². The van der Waals surface area contributed by atoms with E-state index < -0.39 is 0 Å². The van der Waals surface area contributed by atoms with E-state index in [2.05, 4.69) is 27.6 Å². The highest BCUT2D eigenvalue weighted by atomic mass is 127. The highest BCUT2D eigenvalue weighted by molar-refractivity contribution is 14.1. The van der Waals surface area contributed by atoms with Crippen LogP contribution in [-0.4, -0.2) is 4.98 Å². The van der Waals surface area contributed by atoms with E-state index in [1.165, 1.54) is 12.8 Å². The lowest BCUT2D eigenvalue weighted by Crippen LogP contribution is -2.12. The minimum atomic E-state index is 0.129. The maximum Gasteiger partial charge on any atom is 0.136 e. The first-order valence-corrected chi connectivity index (χ1v) is 5.91. The minimum absolute atomic E-state index is 0.129. The van der Waals surface area contributed by atoms with Crippen molar-refractivity contribution in [3.8, 4) is 0 Å². The van der Waals surface area contributed by atoms with Crippen LogP contribution >= 0.6 is 22.6 Å². The standard InChI is InChI=1S/C10H14IN3/c11-8-4-7(5-14-10(8)13)9(12)3-6-1-2-6/h4-6,9H,1-3,12H2,(H2,13,14). The van der Waals surface area contributed by atoms with E-state index in [4.69, 9.17) is 11.5 Å². The predicted octanol–water partition coefficient (Wildman–Crippen LogP) is 2.07. The number of hydrogen-bond donors (Lipinski definition) is 2. The molecular formula is C10H14IN3. The molecule has 0 aromatic carbocycles. The van der Waals surface area contributed by atoms with Crippen LogP contribution in [0, 0.1) is 9.49 Å². The van der Waals surface area contributed by atoms with Gasteiger partial charge < -0.3 is 11.5 Å². The molecule has 1 unspecified atom stereocenters. The Labute approximate surface area is 97.4 Å². The van der Waals surface area contributed by atoms with Gasteiger partial charge in [-0.05, 0) is 46.6 Å². The van der Waals surface area contributed by atoms with E-state index in [1.54, 1.807) is 6.20 Å². The smallest absolute Gasteiger partial charge is 0.136 e. The molecule has 1 aromatic heterocycles. The first kappa shape index (κ1) is 10.2. The van der Waals surface area contributed by atoms with Crippen LogP contribution in [0.3, 0.4) is 0 Å². The van der Waals surface area contributed by atoms with Crippen LogP contribution in [0.1, 0.15) is 30.9 Å². The maximum absolute atomic E-state index is 6.07. The Bertz CT molecular complexity index is 336. The lowest BCUT2D eigenvalue weighted by atomic mass is 10.0.